The van der Waals surface area contributed by atoms with Gasteiger partial charge in [0.15, 0.2) is 0 Å². The van der Waals surface area contributed by atoms with E-state index in [0.717, 1.165) is 31.9 Å². The molecule has 0 aliphatic rings. The molecular formula is C10H20N4. The van der Waals surface area contributed by atoms with Crippen LogP contribution in [0.4, 0.5) is 0 Å². The third-order valence-corrected chi connectivity index (χ3v) is 2.35. The molecule has 4 nitrogen and oxygen atoms in total. The fourth-order valence-electron chi connectivity index (χ4n) is 1.44. The van der Waals surface area contributed by atoms with Crippen molar-refractivity contribution in [2.24, 2.45) is 5.73 Å². The minimum Gasteiger partial charge on any atom is -0.336 e. The molecule has 0 fully saturated rings. The molecular weight excluding hydrogens is 176 g/mol. The molecule has 0 aromatic carbocycles. The molecule has 0 spiro atoms. The van der Waals surface area contributed by atoms with Crippen LogP contribution in [-0.2, 0) is 13.1 Å². The van der Waals surface area contributed by atoms with E-state index in [4.69, 9.17) is 5.73 Å². The summed E-state index contributed by atoms with van der Waals surface area (Å²) in [5.41, 5.74) is 6.59. The predicted molar refractivity (Wildman–Crippen MR) is 57.9 cm³/mol. The summed E-state index contributed by atoms with van der Waals surface area (Å²) in [5.74, 6) is 0. The fraction of sp³-hybridized carbons (Fsp3) is 0.700. The average molecular weight is 196 g/mol. The summed E-state index contributed by atoms with van der Waals surface area (Å²) in [6.07, 6.45) is 3.93. The number of imidazole rings is 1. The Bertz CT molecular complexity index is 252. The Hall–Kier alpha value is -0.870. The Kier molecular flexibility index (Phi) is 4.62. The van der Waals surface area contributed by atoms with Gasteiger partial charge in [0.25, 0.3) is 0 Å². The molecule has 0 saturated heterocycles. The highest BCUT2D eigenvalue weighted by Gasteiger charge is 2.03. The number of rotatable bonds is 6. The fourth-order valence-corrected chi connectivity index (χ4v) is 1.44. The van der Waals surface area contributed by atoms with Gasteiger partial charge in [-0.15, -0.1) is 0 Å². The summed E-state index contributed by atoms with van der Waals surface area (Å²) in [6, 6.07) is 0. The van der Waals surface area contributed by atoms with Gasteiger partial charge >= 0.3 is 0 Å². The summed E-state index contributed by atoms with van der Waals surface area (Å²) >= 11 is 0. The van der Waals surface area contributed by atoms with E-state index in [1.807, 2.05) is 10.9 Å². The van der Waals surface area contributed by atoms with E-state index in [1.54, 1.807) is 0 Å². The SMILES string of the molecule is CCN(CC)Cc1cn(CCN)cn1. The zero-order valence-electron chi connectivity index (χ0n) is 9.11. The van der Waals surface area contributed by atoms with Gasteiger partial charge in [-0.1, -0.05) is 13.8 Å². The van der Waals surface area contributed by atoms with E-state index in [-0.39, 0.29) is 0 Å². The van der Waals surface area contributed by atoms with Crippen LogP contribution in [0.25, 0.3) is 0 Å². The Balaban J connectivity index is 2.49. The molecule has 0 atom stereocenters. The topological polar surface area (TPSA) is 47.1 Å². The minimum absolute atomic E-state index is 0.668. The number of nitrogens with two attached hydrogens (primary N) is 1. The number of nitrogens with zero attached hydrogens (tertiary/aromatic N) is 3. The van der Waals surface area contributed by atoms with Crippen LogP contribution in [-0.4, -0.2) is 34.1 Å². The summed E-state index contributed by atoms with van der Waals surface area (Å²) in [5, 5.41) is 0. The number of hydrogen-bond acceptors (Lipinski definition) is 3. The Morgan fingerprint density at radius 2 is 2.14 bits per heavy atom. The zero-order valence-corrected chi connectivity index (χ0v) is 9.11. The monoisotopic (exact) mass is 196 g/mol. The van der Waals surface area contributed by atoms with Gasteiger partial charge in [-0.25, -0.2) is 4.98 Å². The summed E-state index contributed by atoms with van der Waals surface area (Å²) in [4.78, 5) is 6.68. The number of hydrogen-bond donors (Lipinski definition) is 1. The first kappa shape index (κ1) is 11.2. The Morgan fingerprint density at radius 3 is 2.71 bits per heavy atom. The van der Waals surface area contributed by atoms with Crippen molar-refractivity contribution in [2.45, 2.75) is 26.9 Å². The van der Waals surface area contributed by atoms with Crippen LogP contribution in [0, 0.1) is 0 Å². The molecule has 80 valence electrons. The molecule has 1 rings (SSSR count). The lowest BCUT2D eigenvalue weighted by atomic mass is 10.4. The van der Waals surface area contributed by atoms with Crippen molar-refractivity contribution in [3.05, 3.63) is 18.2 Å². The smallest absolute Gasteiger partial charge is 0.0950 e. The molecule has 1 aromatic rings. The van der Waals surface area contributed by atoms with Gasteiger partial charge < -0.3 is 10.3 Å². The van der Waals surface area contributed by atoms with Crippen LogP contribution >= 0.6 is 0 Å². The van der Waals surface area contributed by atoms with Gasteiger partial charge in [-0.2, -0.15) is 0 Å². The maximum Gasteiger partial charge on any atom is 0.0950 e. The molecule has 1 aromatic heterocycles. The van der Waals surface area contributed by atoms with E-state index in [1.165, 1.54) is 0 Å². The summed E-state index contributed by atoms with van der Waals surface area (Å²) in [7, 11) is 0. The van der Waals surface area contributed by atoms with E-state index in [2.05, 4.69) is 29.9 Å². The molecule has 0 aliphatic heterocycles. The van der Waals surface area contributed by atoms with Crippen LogP contribution in [0.1, 0.15) is 19.5 Å². The lowest BCUT2D eigenvalue weighted by molar-refractivity contribution is 0.292. The third-order valence-electron chi connectivity index (χ3n) is 2.35. The Morgan fingerprint density at radius 1 is 1.43 bits per heavy atom. The van der Waals surface area contributed by atoms with Crippen molar-refractivity contribution in [2.75, 3.05) is 19.6 Å². The largest absolute Gasteiger partial charge is 0.336 e. The predicted octanol–water partition coefficient (Wildman–Crippen LogP) is 0.684. The van der Waals surface area contributed by atoms with E-state index >= 15 is 0 Å². The second-order valence-corrected chi connectivity index (χ2v) is 3.35. The van der Waals surface area contributed by atoms with E-state index < -0.39 is 0 Å². The van der Waals surface area contributed by atoms with E-state index in [0.29, 0.717) is 6.54 Å². The third kappa shape index (κ3) is 3.12. The van der Waals surface area contributed by atoms with Crippen molar-refractivity contribution in [3.8, 4) is 0 Å². The van der Waals surface area contributed by atoms with Crippen molar-refractivity contribution in [1.29, 1.82) is 0 Å². The molecule has 0 radical (unpaired) electrons. The maximum absolute atomic E-state index is 5.46. The zero-order chi connectivity index (χ0) is 10.4. The lowest BCUT2D eigenvalue weighted by Crippen LogP contribution is -2.22. The lowest BCUT2D eigenvalue weighted by Gasteiger charge is -2.15. The van der Waals surface area contributed by atoms with E-state index in [9.17, 15) is 0 Å². The Labute approximate surface area is 85.7 Å². The van der Waals surface area contributed by atoms with Gasteiger partial charge in [0.1, 0.15) is 0 Å². The highest BCUT2D eigenvalue weighted by Crippen LogP contribution is 2.01. The maximum atomic E-state index is 5.46. The van der Waals surface area contributed by atoms with Crippen molar-refractivity contribution in [3.63, 3.8) is 0 Å². The van der Waals surface area contributed by atoms with Crippen molar-refractivity contribution >= 4 is 0 Å². The van der Waals surface area contributed by atoms with Crippen LogP contribution in [0.5, 0.6) is 0 Å². The van der Waals surface area contributed by atoms with Crippen molar-refractivity contribution in [1.82, 2.24) is 14.5 Å². The second-order valence-electron chi connectivity index (χ2n) is 3.35. The molecule has 0 amide bonds. The van der Waals surface area contributed by atoms with Gasteiger partial charge in [0.2, 0.25) is 0 Å². The second kappa shape index (κ2) is 5.78. The normalized spacial score (nSPS) is 11.1. The van der Waals surface area contributed by atoms with Gasteiger partial charge in [0, 0.05) is 25.8 Å². The first-order chi connectivity index (χ1) is 6.80. The van der Waals surface area contributed by atoms with Crippen LogP contribution < -0.4 is 5.73 Å². The van der Waals surface area contributed by atoms with Gasteiger partial charge in [-0.05, 0) is 13.1 Å². The molecule has 0 unspecified atom stereocenters. The summed E-state index contributed by atoms with van der Waals surface area (Å²) in [6.45, 7) is 8.93. The summed E-state index contributed by atoms with van der Waals surface area (Å²) < 4.78 is 2.04. The molecule has 0 aliphatic carbocycles. The molecule has 4 heteroatoms. The molecule has 2 N–H and O–H groups in total. The van der Waals surface area contributed by atoms with Gasteiger partial charge in [-0.3, -0.25) is 4.90 Å². The molecule has 14 heavy (non-hydrogen) atoms. The highest BCUT2D eigenvalue weighted by molar-refractivity contribution is 4.96. The quantitative estimate of drug-likeness (QED) is 0.728. The number of aromatic nitrogens is 2. The molecule has 0 saturated carbocycles. The molecule has 1 heterocycles. The average Bonchev–Trinajstić information content (AvgIpc) is 2.63. The van der Waals surface area contributed by atoms with Crippen LogP contribution in [0.15, 0.2) is 12.5 Å². The van der Waals surface area contributed by atoms with Crippen LogP contribution in [0.2, 0.25) is 0 Å². The van der Waals surface area contributed by atoms with Crippen LogP contribution in [0.3, 0.4) is 0 Å². The highest BCUT2D eigenvalue weighted by atomic mass is 15.1. The molecule has 0 bridgehead atoms. The standard InChI is InChI=1S/C10H20N4/c1-3-13(4-2)7-10-8-14(6-5-11)9-12-10/h8-9H,3-7,11H2,1-2H3. The van der Waals surface area contributed by atoms with Gasteiger partial charge in [0.05, 0.1) is 12.0 Å². The minimum atomic E-state index is 0.668. The van der Waals surface area contributed by atoms with Crippen molar-refractivity contribution < 1.29 is 0 Å². The first-order valence-corrected chi connectivity index (χ1v) is 5.23. The first-order valence-electron chi connectivity index (χ1n) is 5.23.